The molecular weight excluding hydrogens is 320 g/mol. The first-order valence-corrected chi connectivity index (χ1v) is 16.5. The summed E-state index contributed by atoms with van der Waals surface area (Å²) in [6.07, 6.45) is 16.0. The molecule has 2 aliphatic heterocycles. The van der Waals surface area contributed by atoms with Crippen molar-refractivity contribution in [3.63, 3.8) is 0 Å². The van der Waals surface area contributed by atoms with Crippen molar-refractivity contribution in [2.75, 3.05) is 0 Å². The minimum Gasteiger partial charge on any atom is -0.0837 e. The summed E-state index contributed by atoms with van der Waals surface area (Å²) in [5, 5.41) is 0.267. The quantitative estimate of drug-likeness (QED) is 0.373. The number of benzene rings is 1. The first-order chi connectivity index (χ1) is 11.5. The Balaban J connectivity index is 2.20. The normalized spacial score (nSPS) is 29.1. The van der Waals surface area contributed by atoms with Gasteiger partial charge in [0, 0.05) is 5.04 Å². The molecule has 1 aromatic carbocycles. The molecule has 3 aliphatic rings. The molecule has 130 valence electrons. The smallest absolute Gasteiger partial charge is 0.0692 e. The molecule has 0 nitrogen and oxygen atoms in total. The van der Waals surface area contributed by atoms with Crippen LogP contribution in [0, 0.1) is 0 Å². The van der Waals surface area contributed by atoms with Gasteiger partial charge in [0.05, 0.1) is 15.2 Å². The molecule has 1 aromatic rings. The van der Waals surface area contributed by atoms with E-state index in [1.165, 1.54) is 37.8 Å². The van der Waals surface area contributed by atoms with Crippen LogP contribution in [0.1, 0.15) is 45.1 Å². The molecule has 0 radical (unpaired) electrons. The Bertz CT molecular complexity index is 590. The Morgan fingerprint density at radius 1 is 0.875 bits per heavy atom. The van der Waals surface area contributed by atoms with Crippen molar-refractivity contribution in [2.24, 2.45) is 0 Å². The lowest BCUT2D eigenvalue weighted by molar-refractivity contribution is 0.766. The Labute approximate surface area is 150 Å². The van der Waals surface area contributed by atoms with E-state index in [-0.39, 0.29) is 5.04 Å². The summed E-state index contributed by atoms with van der Waals surface area (Å²) in [5.74, 6) is 0. The minimum absolute atomic E-state index is 0.267. The lowest BCUT2D eigenvalue weighted by Crippen LogP contribution is -2.74. The first kappa shape index (κ1) is 17.9. The molecule has 0 fully saturated rings. The third-order valence-corrected chi connectivity index (χ3v) is 27.4. The van der Waals surface area contributed by atoms with Crippen molar-refractivity contribution >= 4 is 15.2 Å². The van der Waals surface area contributed by atoms with Gasteiger partial charge in [-0.15, -0.1) is 0 Å². The number of rotatable bonds is 7. The zero-order chi connectivity index (χ0) is 17.3. The van der Waals surface area contributed by atoms with Gasteiger partial charge >= 0.3 is 0 Å². The van der Waals surface area contributed by atoms with E-state index in [2.05, 4.69) is 81.6 Å². The van der Waals surface area contributed by atoms with E-state index >= 15 is 0 Å². The molecular formula is C22H34Si2. The Hall–Kier alpha value is -0.866. The molecule has 0 saturated heterocycles. The molecule has 0 atom stereocenters. The van der Waals surface area contributed by atoms with Crippen LogP contribution in [-0.2, 0) is 5.04 Å². The average molecular weight is 355 g/mol. The maximum atomic E-state index is 2.74. The summed E-state index contributed by atoms with van der Waals surface area (Å²) < 4.78 is 0. The Kier molecular flexibility index (Phi) is 5.08. The van der Waals surface area contributed by atoms with Crippen LogP contribution in [-0.4, -0.2) is 15.2 Å². The highest BCUT2D eigenvalue weighted by Crippen LogP contribution is 2.58. The van der Waals surface area contributed by atoms with Crippen molar-refractivity contribution in [3.8, 4) is 0 Å². The van der Waals surface area contributed by atoms with E-state index in [1.807, 2.05) is 0 Å². The standard InChI is InChI=1S/C22H34Si2/c1-5-7-18-24(19-8-6-2)22(20-12-10-9-11-13-20)16-14-21(15-17-22)23(24,3)4/h9-17,21H,5-8,18-19H2,1-4H3. The SMILES string of the molecule is CCCC[Si]1(CCCC)C2(c3ccccc3)C=CC(C=C2)[Si]1(C)C. The van der Waals surface area contributed by atoms with Crippen LogP contribution < -0.4 is 0 Å². The summed E-state index contributed by atoms with van der Waals surface area (Å²) in [6, 6.07) is 14.5. The largest absolute Gasteiger partial charge is 0.0837 e. The number of fused-ring (bicyclic) bond motifs is 1. The second-order valence-corrected chi connectivity index (χ2v) is 23.3. The third-order valence-electron chi connectivity index (χ3n) is 7.16. The molecule has 0 aromatic heterocycles. The summed E-state index contributed by atoms with van der Waals surface area (Å²) in [6.45, 7) is 10.2. The summed E-state index contributed by atoms with van der Waals surface area (Å²) >= 11 is 0. The maximum absolute atomic E-state index is 2.74. The van der Waals surface area contributed by atoms with Crippen LogP contribution in [0.2, 0.25) is 30.7 Å². The van der Waals surface area contributed by atoms with Gasteiger partial charge in [0.15, 0.2) is 0 Å². The highest BCUT2D eigenvalue weighted by Gasteiger charge is 2.64. The van der Waals surface area contributed by atoms with Crippen LogP contribution in [0.5, 0.6) is 0 Å². The minimum atomic E-state index is -1.46. The second kappa shape index (κ2) is 6.80. The summed E-state index contributed by atoms with van der Waals surface area (Å²) in [4.78, 5) is 0. The number of allylic oxidation sites excluding steroid dienone is 4. The van der Waals surface area contributed by atoms with Gasteiger partial charge in [0.2, 0.25) is 0 Å². The van der Waals surface area contributed by atoms with Crippen LogP contribution in [0.15, 0.2) is 54.6 Å². The second-order valence-electron chi connectivity index (χ2n) is 8.49. The van der Waals surface area contributed by atoms with Crippen LogP contribution >= 0.6 is 0 Å². The van der Waals surface area contributed by atoms with Gasteiger partial charge in [-0.05, 0) is 11.1 Å². The molecule has 2 heterocycles. The van der Waals surface area contributed by atoms with Gasteiger partial charge in [-0.2, -0.15) is 0 Å². The predicted molar refractivity (Wildman–Crippen MR) is 113 cm³/mol. The average Bonchev–Trinajstić information content (AvgIpc) is 2.62. The fourth-order valence-corrected chi connectivity index (χ4v) is 25.8. The molecule has 2 bridgehead atoms. The molecule has 2 heteroatoms. The van der Waals surface area contributed by atoms with Crippen molar-refractivity contribution in [2.45, 2.75) is 75.3 Å². The van der Waals surface area contributed by atoms with Gasteiger partial charge < -0.3 is 0 Å². The van der Waals surface area contributed by atoms with Crippen LogP contribution in [0.3, 0.4) is 0 Å². The van der Waals surface area contributed by atoms with Gasteiger partial charge in [-0.25, -0.2) is 0 Å². The van der Waals surface area contributed by atoms with E-state index in [4.69, 9.17) is 0 Å². The molecule has 0 N–H and O–H groups in total. The van der Waals surface area contributed by atoms with E-state index in [0.717, 1.165) is 5.54 Å². The van der Waals surface area contributed by atoms with Crippen molar-refractivity contribution < 1.29 is 0 Å². The van der Waals surface area contributed by atoms with Gasteiger partial charge in [-0.3, -0.25) is 0 Å². The molecule has 0 saturated carbocycles. The fourth-order valence-electron chi connectivity index (χ4n) is 5.61. The highest BCUT2D eigenvalue weighted by atomic mass is 29.3. The Morgan fingerprint density at radius 3 is 1.92 bits per heavy atom. The number of unbranched alkanes of at least 4 members (excludes halogenated alkanes) is 2. The lowest BCUT2D eigenvalue weighted by atomic mass is 9.93. The van der Waals surface area contributed by atoms with E-state index in [0.29, 0.717) is 0 Å². The molecule has 0 unspecified atom stereocenters. The van der Waals surface area contributed by atoms with Crippen LogP contribution in [0.25, 0.3) is 0 Å². The third kappa shape index (κ3) is 2.45. The van der Waals surface area contributed by atoms with Gasteiger partial charge in [0.1, 0.15) is 0 Å². The zero-order valence-corrected chi connectivity index (χ0v) is 18.0. The summed E-state index contributed by atoms with van der Waals surface area (Å²) in [7, 11) is -2.77. The van der Waals surface area contributed by atoms with Crippen molar-refractivity contribution in [1.82, 2.24) is 0 Å². The van der Waals surface area contributed by atoms with Gasteiger partial charge in [0.25, 0.3) is 0 Å². The predicted octanol–water partition coefficient (Wildman–Crippen LogP) is 6.81. The monoisotopic (exact) mass is 354 g/mol. The molecule has 1 aliphatic carbocycles. The molecule has 0 spiro atoms. The highest BCUT2D eigenvalue weighted by molar-refractivity contribution is 7.44. The van der Waals surface area contributed by atoms with E-state index in [1.54, 1.807) is 5.56 Å². The zero-order valence-electron chi connectivity index (χ0n) is 16.0. The maximum Gasteiger partial charge on any atom is 0.0692 e. The summed E-state index contributed by atoms with van der Waals surface area (Å²) in [5.41, 5.74) is 2.36. The van der Waals surface area contributed by atoms with Crippen molar-refractivity contribution in [3.05, 3.63) is 60.2 Å². The molecule has 4 rings (SSSR count). The van der Waals surface area contributed by atoms with Gasteiger partial charge in [-0.1, -0.05) is 119 Å². The number of hydrogen-bond donors (Lipinski definition) is 0. The van der Waals surface area contributed by atoms with Crippen LogP contribution in [0.4, 0.5) is 0 Å². The first-order valence-electron chi connectivity index (χ1n) is 9.98. The molecule has 24 heavy (non-hydrogen) atoms. The fraction of sp³-hybridized carbons (Fsp3) is 0.545. The Morgan fingerprint density at radius 2 is 1.42 bits per heavy atom. The lowest BCUT2D eigenvalue weighted by Gasteiger charge is -2.62. The topological polar surface area (TPSA) is 0 Å². The van der Waals surface area contributed by atoms with E-state index < -0.39 is 15.2 Å². The van der Waals surface area contributed by atoms with E-state index in [9.17, 15) is 0 Å². The van der Waals surface area contributed by atoms with Crippen molar-refractivity contribution in [1.29, 1.82) is 0 Å². The molecule has 0 amide bonds. The number of hydrogen-bond acceptors (Lipinski definition) is 0.